The smallest absolute Gasteiger partial charge is 0.0707 e. The third-order valence-electron chi connectivity index (χ3n) is 3.73. The number of rotatable bonds is 4. The molecule has 2 heteroatoms. The molecule has 0 amide bonds. The van der Waals surface area contributed by atoms with E-state index in [0.29, 0.717) is 0 Å². The summed E-state index contributed by atoms with van der Waals surface area (Å²) in [5.41, 5.74) is 5.68. The standard InChI is InChI=1S/C21H20N2/c1-23(2)20-12-10-17(11-13-20)8-9-18-14-15-22-21(16-18)19-6-4-3-5-7-19/h3-16H,1-2H3. The summed E-state index contributed by atoms with van der Waals surface area (Å²) in [5.74, 6) is 0. The van der Waals surface area contributed by atoms with Gasteiger partial charge in [-0.1, -0.05) is 54.6 Å². The van der Waals surface area contributed by atoms with Gasteiger partial charge in [0.25, 0.3) is 0 Å². The van der Waals surface area contributed by atoms with Crippen molar-refractivity contribution in [2.75, 3.05) is 19.0 Å². The highest BCUT2D eigenvalue weighted by Crippen LogP contribution is 2.19. The summed E-state index contributed by atoms with van der Waals surface area (Å²) in [4.78, 5) is 6.56. The van der Waals surface area contributed by atoms with Crippen LogP contribution in [0, 0.1) is 0 Å². The average molecular weight is 300 g/mol. The van der Waals surface area contributed by atoms with Gasteiger partial charge in [-0.2, -0.15) is 0 Å². The summed E-state index contributed by atoms with van der Waals surface area (Å²) in [6.45, 7) is 0. The number of pyridine rings is 1. The van der Waals surface area contributed by atoms with Crippen LogP contribution in [0.1, 0.15) is 11.1 Å². The maximum absolute atomic E-state index is 4.46. The lowest BCUT2D eigenvalue weighted by atomic mass is 10.1. The molecule has 0 aliphatic heterocycles. The van der Waals surface area contributed by atoms with Crippen LogP contribution in [0.5, 0.6) is 0 Å². The fraction of sp³-hybridized carbons (Fsp3) is 0.0952. The van der Waals surface area contributed by atoms with Crippen LogP contribution in [0.25, 0.3) is 23.4 Å². The lowest BCUT2D eigenvalue weighted by molar-refractivity contribution is 1.13. The third-order valence-corrected chi connectivity index (χ3v) is 3.73. The molecule has 0 atom stereocenters. The molecule has 3 aromatic rings. The van der Waals surface area contributed by atoms with Crippen LogP contribution in [0.15, 0.2) is 72.9 Å². The van der Waals surface area contributed by atoms with Gasteiger partial charge in [0.2, 0.25) is 0 Å². The number of hydrogen-bond acceptors (Lipinski definition) is 2. The van der Waals surface area contributed by atoms with Crippen LogP contribution in [-0.2, 0) is 0 Å². The van der Waals surface area contributed by atoms with Gasteiger partial charge < -0.3 is 4.90 Å². The predicted octanol–water partition coefficient (Wildman–Crippen LogP) is 4.99. The second-order valence-corrected chi connectivity index (χ2v) is 5.66. The van der Waals surface area contributed by atoms with Crippen molar-refractivity contribution in [2.24, 2.45) is 0 Å². The van der Waals surface area contributed by atoms with Gasteiger partial charge in [0.05, 0.1) is 5.69 Å². The number of hydrogen-bond donors (Lipinski definition) is 0. The van der Waals surface area contributed by atoms with E-state index in [2.05, 4.69) is 64.5 Å². The molecule has 0 aliphatic rings. The van der Waals surface area contributed by atoms with E-state index in [9.17, 15) is 0 Å². The van der Waals surface area contributed by atoms with Gasteiger partial charge in [0.1, 0.15) is 0 Å². The summed E-state index contributed by atoms with van der Waals surface area (Å²) < 4.78 is 0. The van der Waals surface area contributed by atoms with Crippen molar-refractivity contribution in [2.45, 2.75) is 0 Å². The van der Waals surface area contributed by atoms with Gasteiger partial charge in [-0.25, -0.2) is 0 Å². The van der Waals surface area contributed by atoms with E-state index < -0.39 is 0 Å². The Bertz CT molecular complexity index is 788. The summed E-state index contributed by atoms with van der Waals surface area (Å²) in [5, 5.41) is 0. The van der Waals surface area contributed by atoms with Crippen LogP contribution in [0.4, 0.5) is 5.69 Å². The molecule has 2 aromatic carbocycles. The highest BCUT2D eigenvalue weighted by Gasteiger charge is 1.98. The first kappa shape index (κ1) is 15.0. The molecule has 0 fully saturated rings. The first-order chi connectivity index (χ1) is 11.2. The minimum Gasteiger partial charge on any atom is -0.378 e. The van der Waals surface area contributed by atoms with E-state index in [4.69, 9.17) is 0 Å². The van der Waals surface area contributed by atoms with E-state index in [-0.39, 0.29) is 0 Å². The largest absolute Gasteiger partial charge is 0.378 e. The Labute approximate surface area is 137 Å². The summed E-state index contributed by atoms with van der Waals surface area (Å²) in [7, 11) is 4.10. The molecule has 0 saturated carbocycles. The molecule has 0 N–H and O–H groups in total. The van der Waals surface area contributed by atoms with Gasteiger partial charge in [-0.05, 0) is 35.4 Å². The Balaban J connectivity index is 1.80. The summed E-state index contributed by atoms with van der Waals surface area (Å²) in [6, 6.07) is 22.9. The third kappa shape index (κ3) is 3.86. The van der Waals surface area contributed by atoms with Crippen molar-refractivity contribution < 1.29 is 0 Å². The van der Waals surface area contributed by atoms with Crippen LogP contribution in [-0.4, -0.2) is 19.1 Å². The molecule has 114 valence electrons. The van der Waals surface area contributed by atoms with Crippen molar-refractivity contribution >= 4 is 17.8 Å². The number of anilines is 1. The zero-order valence-corrected chi connectivity index (χ0v) is 13.5. The number of benzene rings is 2. The van der Waals surface area contributed by atoms with E-state index >= 15 is 0 Å². The average Bonchev–Trinajstić information content (AvgIpc) is 2.61. The van der Waals surface area contributed by atoms with Crippen LogP contribution >= 0.6 is 0 Å². The highest BCUT2D eigenvalue weighted by atomic mass is 15.1. The normalized spacial score (nSPS) is 10.9. The Morgan fingerprint density at radius 3 is 2.17 bits per heavy atom. The molecular formula is C21H20N2. The molecule has 0 unspecified atom stereocenters. The minimum atomic E-state index is 0.996. The van der Waals surface area contributed by atoms with Crippen molar-refractivity contribution in [3.63, 3.8) is 0 Å². The topological polar surface area (TPSA) is 16.1 Å². The van der Waals surface area contributed by atoms with Crippen LogP contribution in [0.3, 0.4) is 0 Å². The van der Waals surface area contributed by atoms with E-state index in [1.54, 1.807) is 0 Å². The van der Waals surface area contributed by atoms with Crippen molar-refractivity contribution in [1.82, 2.24) is 4.98 Å². The van der Waals surface area contributed by atoms with Crippen molar-refractivity contribution in [1.29, 1.82) is 0 Å². The SMILES string of the molecule is CN(C)c1ccc(C=Cc2ccnc(-c3ccccc3)c2)cc1. The van der Waals surface area contributed by atoms with Crippen molar-refractivity contribution in [3.8, 4) is 11.3 Å². The van der Waals surface area contributed by atoms with Gasteiger partial charge in [-0.3, -0.25) is 4.98 Å². The molecule has 2 nitrogen and oxygen atoms in total. The summed E-state index contributed by atoms with van der Waals surface area (Å²) in [6.07, 6.45) is 6.11. The van der Waals surface area contributed by atoms with Gasteiger partial charge in [-0.15, -0.1) is 0 Å². The fourth-order valence-electron chi connectivity index (χ4n) is 2.39. The van der Waals surface area contributed by atoms with E-state index in [1.807, 2.05) is 44.6 Å². The first-order valence-corrected chi connectivity index (χ1v) is 7.69. The van der Waals surface area contributed by atoms with E-state index in [1.165, 1.54) is 11.3 Å². The molecular weight excluding hydrogens is 280 g/mol. The molecule has 0 radical (unpaired) electrons. The number of aromatic nitrogens is 1. The molecule has 0 aliphatic carbocycles. The quantitative estimate of drug-likeness (QED) is 0.675. The molecule has 1 heterocycles. The fourth-order valence-corrected chi connectivity index (χ4v) is 2.39. The Kier molecular flexibility index (Phi) is 4.53. The minimum absolute atomic E-state index is 0.996. The second-order valence-electron chi connectivity index (χ2n) is 5.66. The van der Waals surface area contributed by atoms with E-state index in [0.717, 1.165) is 16.8 Å². The Morgan fingerprint density at radius 2 is 1.48 bits per heavy atom. The molecule has 1 aromatic heterocycles. The maximum atomic E-state index is 4.46. The van der Waals surface area contributed by atoms with Gasteiger partial charge in [0, 0.05) is 31.5 Å². The van der Waals surface area contributed by atoms with Crippen molar-refractivity contribution in [3.05, 3.63) is 84.1 Å². The molecule has 0 spiro atoms. The zero-order valence-electron chi connectivity index (χ0n) is 13.5. The molecule has 0 bridgehead atoms. The van der Waals surface area contributed by atoms with Gasteiger partial charge in [0.15, 0.2) is 0 Å². The lowest BCUT2D eigenvalue weighted by Gasteiger charge is -2.11. The molecule has 23 heavy (non-hydrogen) atoms. The Hall–Kier alpha value is -2.87. The second kappa shape index (κ2) is 6.93. The highest BCUT2D eigenvalue weighted by molar-refractivity contribution is 5.72. The zero-order chi connectivity index (χ0) is 16.1. The maximum Gasteiger partial charge on any atom is 0.0707 e. The van der Waals surface area contributed by atoms with Gasteiger partial charge >= 0.3 is 0 Å². The summed E-state index contributed by atoms with van der Waals surface area (Å²) >= 11 is 0. The van der Waals surface area contributed by atoms with Crippen LogP contribution in [0.2, 0.25) is 0 Å². The monoisotopic (exact) mass is 300 g/mol. The lowest BCUT2D eigenvalue weighted by Crippen LogP contribution is -2.07. The first-order valence-electron chi connectivity index (χ1n) is 7.69. The Morgan fingerprint density at radius 1 is 0.783 bits per heavy atom. The predicted molar refractivity (Wildman–Crippen MR) is 99.4 cm³/mol. The van der Waals surface area contributed by atoms with Crippen LogP contribution < -0.4 is 4.90 Å². The molecule has 3 rings (SSSR count). The number of nitrogens with zero attached hydrogens (tertiary/aromatic N) is 2. The molecule has 0 saturated heterocycles.